The van der Waals surface area contributed by atoms with Gasteiger partial charge in [0, 0.05) is 10.4 Å². The number of carbonyl (C=O) groups excluding carboxylic acids is 1. The third kappa shape index (κ3) is 4.10. The molecule has 7 heteroatoms. The van der Waals surface area contributed by atoms with Crippen molar-refractivity contribution in [1.82, 2.24) is 9.97 Å². The molecule has 3 aromatic carbocycles. The van der Waals surface area contributed by atoms with E-state index in [-0.39, 0.29) is 0 Å². The minimum Gasteiger partial charge on any atom is -0.457 e. The van der Waals surface area contributed by atoms with Gasteiger partial charge in [-0.05, 0) is 66.2 Å². The highest BCUT2D eigenvalue weighted by atomic mass is 35.5. The molecule has 32 heavy (non-hydrogen) atoms. The first-order chi connectivity index (χ1) is 15.6. The Morgan fingerprint density at radius 1 is 0.969 bits per heavy atom. The number of rotatable bonds is 6. The Kier molecular flexibility index (Phi) is 5.39. The van der Waals surface area contributed by atoms with Gasteiger partial charge in [-0.25, -0.2) is 4.98 Å². The van der Waals surface area contributed by atoms with Crippen LogP contribution in [-0.2, 0) is 4.79 Å². The molecular formula is C25H18ClN3O2S. The minimum atomic E-state index is -0.557. The van der Waals surface area contributed by atoms with Gasteiger partial charge in [0.15, 0.2) is 0 Å². The van der Waals surface area contributed by atoms with Crippen LogP contribution in [0.1, 0.15) is 16.4 Å². The lowest BCUT2D eigenvalue weighted by Crippen LogP contribution is -2.21. The number of amides is 1. The van der Waals surface area contributed by atoms with E-state index in [9.17, 15) is 4.79 Å². The minimum absolute atomic E-state index is 0.420. The summed E-state index contributed by atoms with van der Waals surface area (Å²) in [6.07, 6.45) is 0. The van der Waals surface area contributed by atoms with E-state index in [1.807, 2.05) is 78.9 Å². The number of halogens is 1. The normalized spacial score (nSPS) is 12.0. The second-order valence-corrected chi connectivity index (χ2v) is 9.03. The molecule has 0 aliphatic carbocycles. The highest BCUT2D eigenvalue weighted by molar-refractivity contribution is 7.16. The van der Waals surface area contributed by atoms with E-state index in [0.29, 0.717) is 4.34 Å². The number of H-pyrrole nitrogens is 1. The number of benzene rings is 3. The van der Waals surface area contributed by atoms with Crippen LogP contribution >= 0.6 is 22.9 Å². The zero-order valence-electron chi connectivity index (χ0n) is 16.8. The summed E-state index contributed by atoms with van der Waals surface area (Å²) in [6, 6.07) is 26.7. The van der Waals surface area contributed by atoms with Gasteiger partial charge in [-0.2, -0.15) is 0 Å². The lowest BCUT2D eigenvalue weighted by Gasteiger charge is -2.11. The van der Waals surface area contributed by atoms with E-state index in [0.717, 1.165) is 44.4 Å². The molecule has 3 N–H and O–H groups in total. The predicted octanol–water partition coefficient (Wildman–Crippen LogP) is 6.35. The van der Waals surface area contributed by atoms with Crippen molar-refractivity contribution >= 4 is 39.9 Å². The monoisotopic (exact) mass is 459 g/mol. The van der Waals surface area contributed by atoms with Crippen molar-refractivity contribution in [3.63, 3.8) is 0 Å². The Morgan fingerprint density at radius 3 is 2.41 bits per heavy atom. The van der Waals surface area contributed by atoms with Gasteiger partial charge in [0.05, 0.1) is 21.3 Å². The van der Waals surface area contributed by atoms with Gasteiger partial charge in [-0.1, -0.05) is 35.9 Å². The molecule has 2 aromatic heterocycles. The van der Waals surface area contributed by atoms with Gasteiger partial charge in [-0.3, -0.25) is 4.79 Å². The Bertz CT molecular complexity index is 1390. The molecule has 158 valence electrons. The molecule has 1 amide bonds. The fourth-order valence-corrected chi connectivity index (χ4v) is 4.80. The molecule has 0 radical (unpaired) electrons. The Hall–Kier alpha value is -3.61. The smallest absolute Gasteiger partial charge is 0.230 e. The number of imidazole rings is 1. The number of fused-ring (bicyclic) bond motifs is 1. The van der Waals surface area contributed by atoms with Gasteiger partial charge in [0.1, 0.15) is 17.3 Å². The summed E-state index contributed by atoms with van der Waals surface area (Å²) in [5.41, 5.74) is 9.07. The molecule has 0 fully saturated rings. The molecule has 0 saturated carbocycles. The van der Waals surface area contributed by atoms with Crippen molar-refractivity contribution in [3.05, 3.63) is 99.7 Å². The molecule has 1 unspecified atom stereocenters. The van der Waals surface area contributed by atoms with Gasteiger partial charge >= 0.3 is 0 Å². The number of nitrogens with zero attached hydrogens (tertiary/aromatic N) is 1. The van der Waals surface area contributed by atoms with Crippen molar-refractivity contribution in [2.24, 2.45) is 5.73 Å². The number of hydrogen-bond donors (Lipinski definition) is 2. The largest absolute Gasteiger partial charge is 0.457 e. The molecule has 5 rings (SSSR count). The number of ether oxygens (including phenoxy) is 1. The SMILES string of the molecule is NC(=O)C(c1ccc2nc(-c3ccc(Oc4ccccc4)cc3)[nH]c2c1)c1ccc(Cl)s1. The van der Waals surface area contributed by atoms with E-state index >= 15 is 0 Å². The third-order valence-corrected chi connectivity index (χ3v) is 6.40. The molecular weight excluding hydrogens is 442 g/mol. The van der Waals surface area contributed by atoms with Crippen LogP contribution in [0.15, 0.2) is 84.9 Å². The van der Waals surface area contributed by atoms with E-state index in [4.69, 9.17) is 22.1 Å². The van der Waals surface area contributed by atoms with Crippen LogP contribution in [0, 0.1) is 0 Å². The molecule has 1 atom stereocenters. The second kappa shape index (κ2) is 8.49. The lowest BCUT2D eigenvalue weighted by atomic mass is 9.96. The predicted molar refractivity (Wildman–Crippen MR) is 128 cm³/mol. The van der Waals surface area contributed by atoms with Gasteiger partial charge in [0.25, 0.3) is 0 Å². The Balaban J connectivity index is 1.43. The first-order valence-electron chi connectivity index (χ1n) is 9.94. The molecule has 2 heterocycles. The van der Waals surface area contributed by atoms with Crippen LogP contribution in [0.5, 0.6) is 11.5 Å². The quantitative estimate of drug-likeness (QED) is 0.310. The van der Waals surface area contributed by atoms with Crippen LogP contribution in [0.4, 0.5) is 0 Å². The summed E-state index contributed by atoms with van der Waals surface area (Å²) in [6.45, 7) is 0. The molecule has 0 spiro atoms. The summed E-state index contributed by atoms with van der Waals surface area (Å²) < 4.78 is 6.47. The lowest BCUT2D eigenvalue weighted by molar-refractivity contribution is -0.118. The Labute approximate surface area is 193 Å². The standard InChI is InChI=1S/C25H18ClN3O2S/c26-22-13-12-21(32-22)23(24(27)30)16-8-11-19-20(14-16)29-25(28-19)15-6-9-18(10-7-15)31-17-4-2-1-3-5-17/h1-14,23H,(H2,27,30)(H,28,29). The maximum absolute atomic E-state index is 12.2. The highest BCUT2D eigenvalue weighted by Gasteiger charge is 2.23. The highest BCUT2D eigenvalue weighted by Crippen LogP contribution is 2.34. The van der Waals surface area contributed by atoms with E-state index < -0.39 is 11.8 Å². The van der Waals surface area contributed by atoms with Gasteiger partial charge in [-0.15, -0.1) is 11.3 Å². The summed E-state index contributed by atoms with van der Waals surface area (Å²) in [7, 11) is 0. The molecule has 0 bridgehead atoms. The average molecular weight is 460 g/mol. The number of nitrogens with two attached hydrogens (primary N) is 1. The number of aromatic amines is 1. The summed E-state index contributed by atoms with van der Waals surface area (Å²) in [5, 5.41) is 0. The number of thiophene rings is 1. The summed E-state index contributed by atoms with van der Waals surface area (Å²) >= 11 is 7.42. The van der Waals surface area contributed by atoms with Crippen LogP contribution in [0.2, 0.25) is 4.34 Å². The molecule has 0 aliphatic heterocycles. The second-order valence-electron chi connectivity index (χ2n) is 7.28. The molecule has 0 saturated heterocycles. The maximum Gasteiger partial charge on any atom is 0.230 e. The van der Waals surface area contributed by atoms with Gasteiger partial charge < -0.3 is 15.5 Å². The molecule has 0 aliphatic rings. The number of para-hydroxylation sites is 1. The van der Waals surface area contributed by atoms with Crippen LogP contribution in [0.25, 0.3) is 22.4 Å². The maximum atomic E-state index is 12.2. The number of carbonyl (C=O) groups is 1. The summed E-state index contributed by atoms with van der Waals surface area (Å²) in [4.78, 5) is 21.0. The van der Waals surface area contributed by atoms with Crippen LogP contribution in [-0.4, -0.2) is 15.9 Å². The van der Waals surface area contributed by atoms with Crippen molar-refractivity contribution < 1.29 is 9.53 Å². The fraction of sp³-hybridized carbons (Fsp3) is 0.0400. The topological polar surface area (TPSA) is 81.0 Å². The van der Waals surface area contributed by atoms with Crippen molar-refractivity contribution in [2.45, 2.75) is 5.92 Å². The zero-order valence-corrected chi connectivity index (χ0v) is 18.4. The zero-order chi connectivity index (χ0) is 22.1. The van der Waals surface area contributed by atoms with Crippen LogP contribution < -0.4 is 10.5 Å². The number of nitrogens with one attached hydrogen (secondary N) is 1. The molecule has 5 nitrogen and oxygen atoms in total. The van der Waals surface area contributed by atoms with Crippen molar-refractivity contribution in [1.29, 1.82) is 0 Å². The van der Waals surface area contributed by atoms with Crippen LogP contribution in [0.3, 0.4) is 0 Å². The number of primary amides is 1. The number of aromatic nitrogens is 2. The third-order valence-electron chi connectivity index (χ3n) is 5.11. The fourth-order valence-electron chi connectivity index (χ4n) is 3.60. The first kappa shape index (κ1) is 20.3. The van der Waals surface area contributed by atoms with E-state index in [1.54, 1.807) is 6.07 Å². The summed E-state index contributed by atoms with van der Waals surface area (Å²) in [5.74, 6) is 1.29. The van der Waals surface area contributed by atoms with Crippen molar-refractivity contribution in [2.75, 3.05) is 0 Å². The van der Waals surface area contributed by atoms with Gasteiger partial charge in [0.2, 0.25) is 5.91 Å². The average Bonchev–Trinajstić information content (AvgIpc) is 3.41. The van der Waals surface area contributed by atoms with Crippen molar-refractivity contribution in [3.8, 4) is 22.9 Å². The first-order valence-corrected chi connectivity index (χ1v) is 11.1. The van der Waals surface area contributed by atoms with E-state index in [2.05, 4.69) is 9.97 Å². The Morgan fingerprint density at radius 2 is 1.72 bits per heavy atom. The molecule has 5 aromatic rings. The van der Waals surface area contributed by atoms with E-state index in [1.165, 1.54) is 11.3 Å². The number of hydrogen-bond acceptors (Lipinski definition) is 4.